The molecule has 1 aromatic rings. The number of carbonyl (C=O) groups is 1. The van der Waals surface area contributed by atoms with Crippen LogP contribution >= 0.6 is 0 Å². The van der Waals surface area contributed by atoms with Gasteiger partial charge in [-0.2, -0.15) is 0 Å². The summed E-state index contributed by atoms with van der Waals surface area (Å²) < 4.78 is 5.26. The van der Waals surface area contributed by atoms with Crippen molar-refractivity contribution in [2.75, 3.05) is 0 Å². The van der Waals surface area contributed by atoms with Crippen LogP contribution in [0, 0.1) is 6.92 Å². The highest BCUT2D eigenvalue weighted by atomic mass is 16.4. The first-order chi connectivity index (χ1) is 5.92. The molecule has 0 bridgehead atoms. The molecule has 0 aliphatic rings. The number of nitrogens with two attached hydrogens (primary N) is 1. The largest absolute Gasteiger partial charge is 0.481 e. The van der Waals surface area contributed by atoms with Crippen molar-refractivity contribution in [3.8, 4) is 0 Å². The van der Waals surface area contributed by atoms with Gasteiger partial charge in [0, 0.05) is 0 Å². The van der Waals surface area contributed by atoms with Gasteiger partial charge >= 0.3 is 5.97 Å². The number of aryl methyl sites for hydroxylation is 1. The Bertz CT molecular complexity index is 314. The minimum atomic E-state index is -0.931. The van der Waals surface area contributed by atoms with Crippen LogP contribution in [0.2, 0.25) is 0 Å². The SMILES string of the molecule is Cc1ccc([C@](C)(N)CC(=O)O)o1. The minimum Gasteiger partial charge on any atom is -0.481 e. The van der Waals surface area contributed by atoms with Crippen molar-refractivity contribution in [2.45, 2.75) is 25.8 Å². The summed E-state index contributed by atoms with van der Waals surface area (Å²) in [6.45, 7) is 3.43. The number of rotatable bonds is 3. The topological polar surface area (TPSA) is 76.5 Å². The average molecular weight is 183 g/mol. The van der Waals surface area contributed by atoms with E-state index in [1.54, 1.807) is 26.0 Å². The maximum atomic E-state index is 10.5. The van der Waals surface area contributed by atoms with Crippen molar-refractivity contribution in [1.82, 2.24) is 0 Å². The summed E-state index contributed by atoms with van der Waals surface area (Å²) in [5, 5.41) is 8.60. The van der Waals surface area contributed by atoms with Crippen LogP contribution in [0.1, 0.15) is 24.9 Å². The summed E-state index contributed by atoms with van der Waals surface area (Å²) in [6.07, 6.45) is -0.139. The molecule has 3 N–H and O–H groups in total. The Labute approximate surface area is 76.3 Å². The van der Waals surface area contributed by atoms with E-state index in [0.717, 1.165) is 5.76 Å². The zero-order valence-electron chi connectivity index (χ0n) is 7.70. The van der Waals surface area contributed by atoms with Gasteiger partial charge in [0.1, 0.15) is 11.5 Å². The zero-order valence-corrected chi connectivity index (χ0v) is 7.70. The molecule has 0 saturated carbocycles. The van der Waals surface area contributed by atoms with Gasteiger partial charge in [-0.05, 0) is 26.0 Å². The maximum absolute atomic E-state index is 10.5. The van der Waals surface area contributed by atoms with E-state index in [1.165, 1.54) is 0 Å². The fraction of sp³-hybridized carbons (Fsp3) is 0.444. The maximum Gasteiger partial charge on any atom is 0.305 e. The van der Waals surface area contributed by atoms with E-state index in [0.29, 0.717) is 5.76 Å². The predicted molar refractivity (Wildman–Crippen MR) is 47.2 cm³/mol. The van der Waals surface area contributed by atoms with Crippen molar-refractivity contribution >= 4 is 5.97 Å². The summed E-state index contributed by atoms with van der Waals surface area (Å²) in [5.74, 6) is 0.309. The lowest BCUT2D eigenvalue weighted by Gasteiger charge is -2.19. The lowest BCUT2D eigenvalue weighted by molar-refractivity contribution is -0.138. The van der Waals surface area contributed by atoms with Gasteiger partial charge in [0.15, 0.2) is 0 Å². The smallest absolute Gasteiger partial charge is 0.305 e. The predicted octanol–water partition coefficient (Wildman–Crippen LogP) is 1.24. The molecule has 0 radical (unpaired) electrons. The molecule has 13 heavy (non-hydrogen) atoms. The quantitative estimate of drug-likeness (QED) is 0.739. The monoisotopic (exact) mass is 183 g/mol. The highest BCUT2D eigenvalue weighted by Crippen LogP contribution is 2.23. The second-order valence-corrected chi connectivity index (χ2v) is 3.40. The summed E-state index contributed by atoms with van der Waals surface area (Å²) in [7, 11) is 0. The van der Waals surface area contributed by atoms with Crippen molar-refractivity contribution < 1.29 is 14.3 Å². The third-order valence-electron chi connectivity index (χ3n) is 1.82. The van der Waals surface area contributed by atoms with Crippen LogP contribution in [0.4, 0.5) is 0 Å². The van der Waals surface area contributed by atoms with Crippen molar-refractivity contribution in [3.05, 3.63) is 23.7 Å². The molecule has 0 spiro atoms. The van der Waals surface area contributed by atoms with Gasteiger partial charge in [-0.3, -0.25) is 4.79 Å². The first kappa shape index (κ1) is 9.80. The van der Waals surface area contributed by atoms with E-state index >= 15 is 0 Å². The Balaban J connectivity index is 2.86. The van der Waals surface area contributed by atoms with Gasteiger partial charge in [-0.15, -0.1) is 0 Å². The molecule has 0 aliphatic heterocycles. The molecule has 0 saturated heterocycles. The molecule has 1 atom stereocenters. The first-order valence-electron chi connectivity index (χ1n) is 3.99. The van der Waals surface area contributed by atoms with Crippen LogP contribution in [-0.2, 0) is 10.3 Å². The Kier molecular flexibility index (Phi) is 2.43. The van der Waals surface area contributed by atoms with Crippen LogP contribution in [0.3, 0.4) is 0 Å². The molecule has 1 rings (SSSR count). The van der Waals surface area contributed by atoms with Gasteiger partial charge in [0.05, 0.1) is 12.0 Å². The van der Waals surface area contributed by atoms with Crippen LogP contribution < -0.4 is 5.73 Å². The Morgan fingerprint density at radius 1 is 1.69 bits per heavy atom. The number of furan rings is 1. The third kappa shape index (κ3) is 2.32. The third-order valence-corrected chi connectivity index (χ3v) is 1.82. The summed E-state index contributed by atoms with van der Waals surface area (Å²) in [4.78, 5) is 10.5. The standard InChI is InChI=1S/C9H13NO3/c1-6-3-4-7(13-6)9(2,10)5-8(11)12/h3-4H,5,10H2,1-2H3,(H,11,12)/t9-/m1/s1. The molecule has 0 amide bonds. The first-order valence-corrected chi connectivity index (χ1v) is 3.99. The molecule has 1 aromatic heterocycles. The van der Waals surface area contributed by atoms with Crippen molar-refractivity contribution in [3.63, 3.8) is 0 Å². The van der Waals surface area contributed by atoms with Gasteiger partial charge in [-0.25, -0.2) is 0 Å². The molecule has 0 aliphatic carbocycles. The number of carboxylic acids is 1. The molecule has 0 fully saturated rings. The summed E-state index contributed by atoms with van der Waals surface area (Å²) >= 11 is 0. The lowest BCUT2D eigenvalue weighted by Crippen LogP contribution is -2.35. The van der Waals surface area contributed by atoms with Gasteiger partial charge in [0.2, 0.25) is 0 Å². The van der Waals surface area contributed by atoms with Gasteiger partial charge in [-0.1, -0.05) is 0 Å². The second kappa shape index (κ2) is 3.22. The van der Waals surface area contributed by atoms with Crippen LogP contribution in [0.5, 0.6) is 0 Å². The minimum absolute atomic E-state index is 0.139. The van der Waals surface area contributed by atoms with E-state index in [9.17, 15) is 4.79 Å². The van der Waals surface area contributed by atoms with E-state index in [-0.39, 0.29) is 6.42 Å². The number of aliphatic carboxylic acids is 1. The second-order valence-electron chi connectivity index (χ2n) is 3.40. The van der Waals surface area contributed by atoms with Crippen LogP contribution in [0.25, 0.3) is 0 Å². The lowest BCUT2D eigenvalue weighted by atomic mass is 9.96. The molecule has 72 valence electrons. The van der Waals surface area contributed by atoms with Crippen molar-refractivity contribution in [2.24, 2.45) is 5.73 Å². The molecular weight excluding hydrogens is 170 g/mol. The molecule has 1 heterocycles. The molecule has 0 aromatic carbocycles. The van der Waals surface area contributed by atoms with E-state index in [2.05, 4.69) is 0 Å². The van der Waals surface area contributed by atoms with E-state index < -0.39 is 11.5 Å². The highest BCUT2D eigenvalue weighted by molar-refractivity contribution is 5.68. The summed E-state index contributed by atoms with van der Waals surface area (Å²) in [6, 6.07) is 3.47. The Hall–Kier alpha value is -1.29. The number of carboxylic acid groups (broad SMARTS) is 1. The van der Waals surface area contributed by atoms with Gasteiger partial charge < -0.3 is 15.3 Å². The van der Waals surface area contributed by atoms with E-state index in [1.807, 2.05) is 0 Å². The molecule has 0 unspecified atom stereocenters. The molecule has 4 nitrogen and oxygen atoms in total. The van der Waals surface area contributed by atoms with Crippen molar-refractivity contribution in [1.29, 1.82) is 0 Å². The fourth-order valence-electron chi connectivity index (χ4n) is 1.14. The number of hydrogen-bond donors (Lipinski definition) is 2. The van der Waals surface area contributed by atoms with Gasteiger partial charge in [0.25, 0.3) is 0 Å². The summed E-state index contributed by atoms with van der Waals surface area (Å²) in [5.41, 5.74) is 4.85. The Morgan fingerprint density at radius 3 is 2.69 bits per heavy atom. The van der Waals surface area contributed by atoms with Crippen LogP contribution in [-0.4, -0.2) is 11.1 Å². The molecular formula is C9H13NO3. The fourth-order valence-corrected chi connectivity index (χ4v) is 1.14. The van der Waals surface area contributed by atoms with E-state index in [4.69, 9.17) is 15.3 Å². The molecule has 4 heteroatoms. The average Bonchev–Trinajstić information content (AvgIpc) is 2.32. The highest BCUT2D eigenvalue weighted by Gasteiger charge is 2.27. The number of hydrogen-bond acceptors (Lipinski definition) is 3. The van der Waals surface area contributed by atoms with Crippen LogP contribution in [0.15, 0.2) is 16.5 Å². The zero-order chi connectivity index (χ0) is 10.1. The Morgan fingerprint density at radius 2 is 2.31 bits per heavy atom. The normalized spacial score (nSPS) is 15.3.